The number of halogens is 1. The normalized spacial score (nSPS) is 17.0. The summed E-state index contributed by atoms with van der Waals surface area (Å²) < 4.78 is 10.8. The van der Waals surface area contributed by atoms with Gasteiger partial charge in [-0.3, -0.25) is 0 Å². The topological polar surface area (TPSA) is 30.5 Å². The Morgan fingerprint density at radius 3 is 2.52 bits per heavy atom. The second-order valence-corrected chi connectivity index (χ2v) is 6.15. The summed E-state index contributed by atoms with van der Waals surface area (Å²) in [6.07, 6.45) is 7.94. The molecule has 0 aliphatic heterocycles. The van der Waals surface area contributed by atoms with E-state index in [2.05, 4.69) is 11.4 Å². The number of nitrogens with one attached hydrogen (secondary N) is 1. The summed E-state index contributed by atoms with van der Waals surface area (Å²) in [6, 6.07) is 4.24. The summed E-state index contributed by atoms with van der Waals surface area (Å²) in [5.41, 5.74) is 1.11. The minimum absolute atomic E-state index is 0.268. The molecule has 3 nitrogen and oxygen atoms in total. The molecule has 1 atom stereocenters. The van der Waals surface area contributed by atoms with Crippen molar-refractivity contribution in [3.05, 3.63) is 22.7 Å². The number of hydrogen-bond donors (Lipinski definition) is 1. The van der Waals surface area contributed by atoms with Crippen LogP contribution < -0.4 is 14.8 Å². The highest BCUT2D eigenvalue weighted by Crippen LogP contribution is 2.41. The van der Waals surface area contributed by atoms with Gasteiger partial charge in [-0.05, 0) is 37.9 Å². The largest absolute Gasteiger partial charge is 0.495 e. The number of methoxy groups -OCH3 is 2. The molecule has 0 bridgehead atoms. The van der Waals surface area contributed by atoms with Crippen molar-refractivity contribution in [1.82, 2.24) is 5.32 Å². The van der Waals surface area contributed by atoms with Crippen LogP contribution >= 0.6 is 11.6 Å². The van der Waals surface area contributed by atoms with Crippen LogP contribution in [0.2, 0.25) is 5.02 Å². The maximum atomic E-state index is 6.36. The van der Waals surface area contributed by atoms with Gasteiger partial charge in [-0.2, -0.15) is 0 Å². The van der Waals surface area contributed by atoms with E-state index in [1.54, 1.807) is 14.2 Å². The first kappa shape index (κ1) is 16.4. The lowest BCUT2D eigenvalue weighted by Crippen LogP contribution is -2.18. The number of benzene rings is 1. The fourth-order valence-corrected chi connectivity index (χ4v) is 3.68. The molecule has 118 valence electrons. The first-order valence-electron chi connectivity index (χ1n) is 7.78. The van der Waals surface area contributed by atoms with Crippen molar-refractivity contribution in [3.8, 4) is 11.5 Å². The van der Waals surface area contributed by atoms with Crippen molar-refractivity contribution in [1.29, 1.82) is 0 Å². The molecule has 1 fully saturated rings. The van der Waals surface area contributed by atoms with Gasteiger partial charge in [0.15, 0.2) is 0 Å². The Labute approximate surface area is 133 Å². The quantitative estimate of drug-likeness (QED) is 0.799. The van der Waals surface area contributed by atoms with Crippen LogP contribution in [-0.2, 0) is 0 Å². The minimum Gasteiger partial charge on any atom is -0.495 e. The van der Waals surface area contributed by atoms with Crippen LogP contribution in [0.25, 0.3) is 0 Å². The predicted octanol–water partition coefficient (Wildman–Crippen LogP) is 4.59. The molecule has 0 saturated heterocycles. The van der Waals surface area contributed by atoms with E-state index >= 15 is 0 Å². The Hall–Kier alpha value is -0.930. The summed E-state index contributed by atoms with van der Waals surface area (Å²) in [7, 11) is 5.28. The third-order valence-electron chi connectivity index (χ3n) is 4.58. The zero-order valence-corrected chi connectivity index (χ0v) is 14.0. The monoisotopic (exact) mass is 311 g/mol. The lowest BCUT2D eigenvalue weighted by molar-refractivity contribution is 0.376. The lowest BCUT2D eigenvalue weighted by Gasteiger charge is -2.22. The lowest BCUT2D eigenvalue weighted by atomic mass is 9.94. The molecule has 1 N–H and O–H groups in total. The molecule has 0 heterocycles. The summed E-state index contributed by atoms with van der Waals surface area (Å²) in [5, 5.41) is 3.96. The Balaban J connectivity index is 2.14. The van der Waals surface area contributed by atoms with Gasteiger partial charge in [-0.1, -0.05) is 37.3 Å². The molecule has 1 unspecified atom stereocenters. The van der Waals surface area contributed by atoms with Gasteiger partial charge < -0.3 is 14.8 Å². The molecule has 4 heteroatoms. The van der Waals surface area contributed by atoms with E-state index in [0.717, 1.165) is 23.7 Å². The van der Waals surface area contributed by atoms with E-state index in [4.69, 9.17) is 21.1 Å². The van der Waals surface area contributed by atoms with Crippen molar-refractivity contribution >= 4 is 11.6 Å². The molecule has 1 aromatic rings. The molecule has 2 rings (SSSR count). The Morgan fingerprint density at radius 1 is 1.24 bits per heavy atom. The molecule has 1 aliphatic carbocycles. The number of ether oxygens (including phenoxy) is 2. The van der Waals surface area contributed by atoms with Crippen LogP contribution in [0.1, 0.15) is 50.1 Å². The third kappa shape index (κ3) is 3.83. The smallest absolute Gasteiger partial charge is 0.146 e. The van der Waals surface area contributed by atoms with Crippen LogP contribution in [0, 0.1) is 5.92 Å². The van der Waals surface area contributed by atoms with E-state index in [1.165, 1.54) is 32.1 Å². The Bertz CT molecular complexity index is 458. The minimum atomic E-state index is 0.268. The average molecular weight is 312 g/mol. The van der Waals surface area contributed by atoms with Gasteiger partial charge in [0.05, 0.1) is 14.2 Å². The molecule has 1 aliphatic rings. The van der Waals surface area contributed by atoms with E-state index in [0.29, 0.717) is 10.8 Å². The third-order valence-corrected chi connectivity index (χ3v) is 4.94. The molecular weight excluding hydrogens is 286 g/mol. The van der Waals surface area contributed by atoms with Gasteiger partial charge in [-0.15, -0.1) is 0 Å². The fraction of sp³-hybridized carbons (Fsp3) is 0.647. The van der Waals surface area contributed by atoms with Gasteiger partial charge in [0, 0.05) is 11.6 Å². The number of hydrogen-bond acceptors (Lipinski definition) is 3. The van der Waals surface area contributed by atoms with E-state index in [-0.39, 0.29) is 6.04 Å². The van der Waals surface area contributed by atoms with Gasteiger partial charge in [0.2, 0.25) is 0 Å². The number of rotatable bonds is 7. The van der Waals surface area contributed by atoms with Gasteiger partial charge >= 0.3 is 0 Å². The van der Waals surface area contributed by atoms with Crippen molar-refractivity contribution in [2.75, 3.05) is 21.3 Å². The Morgan fingerprint density at radius 2 is 1.95 bits per heavy atom. The first-order valence-corrected chi connectivity index (χ1v) is 8.16. The zero-order valence-electron chi connectivity index (χ0n) is 13.2. The van der Waals surface area contributed by atoms with Crippen LogP contribution in [0.15, 0.2) is 12.1 Å². The summed E-state index contributed by atoms with van der Waals surface area (Å²) in [4.78, 5) is 0. The molecule has 1 saturated carbocycles. The Kier molecular flexibility index (Phi) is 6.19. The SMILES string of the molecule is CNC(CCC1CCCC1)c1ccc(OC)c(Cl)c1OC. The second-order valence-electron chi connectivity index (χ2n) is 5.77. The highest BCUT2D eigenvalue weighted by Gasteiger charge is 2.22. The van der Waals surface area contributed by atoms with Crippen LogP contribution in [-0.4, -0.2) is 21.3 Å². The highest BCUT2D eigenvalue weighted by molar-refractivity contribution is 6.33. The average Bonchev–Trinajstić information content (AvgIpc) is 3.01. The van der Waals surface area contributed by atoms with Crippen molar-refractivity contribution in [2.24, 2.45) is 5.92 Å². The second kappa shape index (κ2) is 7.90. The van der Waals surface area contributed by atoms with Crippen molar-refractivity contribution < 1.29 is 9.47 Å². The molecule has 1 aromatic carbocycles. The van der Waals surface area contributed by atoms with Crippen LogP contribution in [0.3, 0.4) is 0 Å². The maximum Gasteiger partial charge on any atom is 0.146 e. The molecule has 0 aromatic heterocycles. The van der Waals surface area contributed by atoms with Gasteiger partial charge in [0.25, 0.3) is 0 Å². The molecule has 0 radical (unpaired) electrons. The first-order chi connectivity index (χ1) is 10.2. The summed E-state index contributed by atoms with van der Waals surface area (Å²) in [5.74, 6) is 2.27. The zero-order chi connectivity index (χ0) is 15.2. The van der Waals surface area contributed by atoms with E-state index in [1.807, 2.05) is 13.1 Å². The standard InChI is InChI=1S/C17H26ClNO2/c1-19-14(10-8-12-6-4-5-7-12)13-9-11-15(20-2)16(18)17(13)21-3/h9,11-12,14,19H,4-8,10H2,1-3H3. The van der Waals surface area contributed by atoms with Crippen LogP contribution in [0.4, 0.5) is 0 Å². The molecule has 0 amide bonds. The predicted molar refractivity (Wildman–Crippen MR) is 87.5 cm³/mol. The van der Waals surface area contributed by atoms with Gasteiger partial charge in [-0.25, -0.2) is 0 Å². The van der Waals surface area contributed by atoms with Crippen LogP contribution in [0.5, 0.6) is 11.5 Å². The summed E-state index contributed by atoms with van der Waals surface area (Å²) in [6.45, 7) is 0. The molecular formula is C17H26ClNO2. The highest BCUT2D eigenvalue weighted by atomic mass is 35.5. The summed E-state index contributed by atoms with van der Waals surface area (Å²) >= 11 is 6.36. The molecule has 21 heavy (non-hydrogen) atoms. The fourth-order valence-electron chi connectivity index (χ4n) is 3.35. The van der Waals surface area contributed by atoms with Gasteiger partial charge in [0.1, 0.15) is 16.5 Å². The van der Waals surface area contributed by atoms with Crippen molar-refractivity contribution in [2.45, 2.75) is 44.6 Å². The maximum absolute atomic E-state index is 6.36. The van der Waals surface area contributed by atoms with Crippen molar-refractivity contribution in [3.63, 3.8) is 0 Å². The van der Waals surface area contributed by atoms with E-state index in [9.17, 15) is 0 Å². The van der Waals surface area contributed by atoms with E-state index < -0.39 is 0 Å². The molecule has 0 spiro atoms.